The van der Waals surface area contributed by atoms with Crippen molar-refractivity contribution in [1.82, 2.24) is 4.98 Å². The third-order valence-electron chi connectivity index (χ3n) is 4.76. The first-order valence-electron chi connectivity index (χ1n) is 9.90. The molecular formula is C24H20F2N2O2S2. The number of methoxy groups -OCH3 is 1. The van der Waals surface area contributed by atoms with Crippen LogP contribution in [0.3, 0.4) is 0 Å². The van der Waals surface area contributed by atoms with Crippen molar-refractivity contribution in [2.45, 2.75) is 17.9 Å². The van der Waals surface area contributed by atoms with Crippen LogP contribution >= 0.6 is 23.1 Å². The molecule has 1 heterocycles. The van der Waals surface area contributed by atoms with Gasteiger partial charge in [0.15, 0.2) is 10.9 Å². The Balaban J connectivity index is 1.53. The average molecular weight is 471 g/mol. The number of carbonyl (C=O) groups excluding carboxylic acids is 1. The lowest BCUT2D eigenvalue weighted by Crippen LogP contribution is -2.30. The second-order valence-electron chi connectivity index (χ2n) is 6.97. The zero-order valence-electron chi connectivity index (χ0n) is 17.3. The Hall–Kier alpha value is -2.97. The smallest absolute Gasteiger partial charge is 0.229 e. The number of rotatable bonds is 8. The van der Waals surface area contributed by atoms with Crippen LogP contribution in [0.2, 0.25) is 0 Å². The summed E-state index contributed by atoms with van der Waals surface area (Å²) in [5.41, 5.74) is 0.999. The number of anilines is 1. The molecule has 4 rings (SSSR count). The highest BCUT2D eigenvalue weighted by atomic mass is 32.2. The third kappa shape index (κ3) is 5.26. The Morgan fingerprint density at radius 3 is 2.56 bits per heavy atom. The molecule has 0 fully saturated rings. The minimum atomic E-state index is -0.732. The van der Waals surface area contributed by atoms with Crippen molar-refractivity contribution in [2.75, 3.05) is 17.8 Å². The van der Waals surface area contributed by atoms with Crippen molar-refractivity contribution >= 4 is 44.4 Å². The van der Waals surface area contributed by atoms with E-state index in [1.807, 2.05) is 54.6 Å². The van der Waals surface area contributed by atoms with Gasteiger partial charge in [-0.1, -0.05) is 41.7 Å². The van der Waals surface area contributed by atoms with E-state index >= 15 is 0 Å². The Kier molecular flexibility index (Phi) is 7.02. The second kappa shape index (κ2) is 10.1. The van der Waals surface area contributed by atoms with E-state index in [0.717, 1.165) is 33.6 Å². The second-order valence-corrected chi connectivity index (χ2v) is 9.15. The summed E-state index contributed by atoms with van der Waals surface area (Å²) < 4.78 is 33.4. The van der Waals surface area contributed by atoms with Gasteiger partial charge in [-0.3, -0.25) is 9.69 Å². The molecule has 0 bridgehead atoms. The third-order valence-corrected chi connectivity index (χ3v) is 6.80. The van der Waals surface area contributed by atoms with Crippen molar-refractivity contribution in [3.63, 3.8) is 0 Å². The molecule has 0 aliphatic rings. The summed E-state index contributed by atoms with van der Waals surface area (Å²) >= 11 is 2.68. The topological polar surface area (TPSA) is 42.4 Å². The van der Waals surface area contributed by atoms with Crippen LogP contribution in [0.15, 0.2) is 71.6 Å². The minimum Gasteiger partial charge on any atom is -0.497 e. The van der Waals surface area contributed by atoms with Gasteiger partial charge in [0, 0.05) is 23.1 Å². The van der Waals surface area contributed by atoms with E-state index in [9.17, 15) is 13.6 Å². The van der Waals surface area contributed by atoms with E-state index in [-0.39, 0.29) is 17.8 Å². The van der Waals surface area contributed by atoms with E-state index in [1.54, 1.807) is 23.8 Å². The fraction of sp³-hybridized carbons (Fsp3) is 0.167. The van der Waals surface area contributed by atoms with Gasteiger partial charge < -0.3 is 4.74 Å². The summed E-state index contributed by atoms with van der Waals surface area (Å²) in [4.78, 5) is 20.1. The molecular weight excluding hydrogens is 450 g/mol. The summed E-state index contributed by atoms with van der Waals surface area (Å²) in [5.74, 6) is -0.176. The van der Waals surface area contributed by atoms with Crippen LogP contribution in [0.25, 0.3) is 10.2 Å². The Morgan fingerprint density at radius 1 is 1.09 bits per heavy atom. The molecule has 4 nitrogen and oxygen atoms in total. The average Bonchev–Trinajstić information content (AvgIpc) is 3.22. The van der Waals surface area contributed by atoms with E-state index < -0.39 is 11.6 Å². The van der Waals surface area contributed by atoms with Crippen molar-refractivity contribution in [3.05, 3.63) is 83.9 Å². The molecule has 1 amide bonds. The maximum atomic E-state index is 14.2. The molecule has 3 aromatic carbocycles. The number of fused-ring (bicyclic) bond motifs is 1. The Morgan fingerprint density at radius 2 is 1.84 bits per heavy atom. The molecule has 0 aliphatic carbocycles. The van der Waals surface area contributed by atoms with Crippen molar-refractivity contribution in [1.29, 1.82) is 0 Å². The highest BCUT2D eigenvalue weighted by Crippen LogP contribution is 2.32. The van der Waals surface area contributed by atoms with Gasteiger partial charge in [-0.05, 0) is 35.9 Å². The highest BCUT2D eigenvalue weighted by Gasteiger charge is 2.21. The van der Waals surface area contributed by atoms with E-state index in [0.29, 0.717) is 22.1 Å². The molecule has 1 aromatic heterocycles. The van der Waals surface area contributed by atoms with Crippen molar-refractivity contribution in [2.24, 2.45) is 0 Å². The van der Waals surface area contributed by atoms with Crippen LogP contribution in [-0.4, -0.2) is 23.8 Å². The molecule has 0 saturated carbocycles. The summed E-state index contributed by atoms with van der Waals surface area (Å²) in [6, 6.07) is 19.2. The largest absolute Gasteiger partial charge is 0.497 e. The summed E-state index contributed by atoms with van der Waals surface area (Å²) in [7, 11) is 1.62. The normalized spacial score (nSPS) is 11.0. The summed E-state index contributed by atoms with van der Waals surface area (Å²) in [6.07, 6.45) is 0.274. The number of amides is 1. The quantitative estimate of drug-likeness (QED) is 0.284. The molecule has 32 heavy (non-hydrogen) atoms. The van der Waals surface area contributed by atoms with Crippen LogP contribution in [0.1, 0.15) is 12.0 Å². The van der Waals surface area contributed by atoms with Gasteiger partial charge in [-0.2, -0.15) is 0 Å². The fourth-order valence-electron chi connectivity index (χ4n) is 3.15. The first-order chi connectivity index (χ1) is 15.5. The van der Waals surface area contributed by atoms with Crippen LogP contribution in [0.5, 0.6) is 5.75 Å². The Bertz CT molecular complexity index is 1210. The number of aromatic nitrogens is 1. The van der Waals surface area contributed by atoms with E-state index in [4.69, 9.17) is 4.74 Å². The van der Waals surface area contributed by atoms with Crippen LogP contribution in [0, 0.1) is 11.6 Å². The number of thioether (sulfide) groups is 1. The number of ether oxygens (including phenoxy) is 1. The van der Waals surface area contributed by atoms with E-state index in [1.165, 1.54) is 6.07 Å². The molecule has 0 saturated heterocycles. The van der Waals surface area contributed by atoms with Gasteiger partial charge in [-0.15, -0.1) is 11.8 Å². The zero-order chi connectivity index (χ0) is 22.5. The lowest BCUT2D eigenvalue weighted by atomic mass is 10.2. The van der Waals surface area contributed by atoms with Gasteiger partial charge in [0.1, 0.15) is 17.1 Å². The lowest BCUT2D eigenvalue weighted by molar-refractivity contribution is -0.118. The number of benzene rings is 3. The summed E-state index contributed by atoms with van der Waals surface area (Å²) in [5, 5.41) is 0.354. The monoisotopic (exact) mass is 470 g/mol. The maximum absolute atomic E-state index is 14.2. The van der Waals surface area contributed by atoms with Gasteiger partial charge in [0.25, 0.3) is 0 Å². The molecule has 0 atom stereocenters. The van der Waals surface area contributed by atoms with Gasteiger partial charge >= 0.3 is 0 Å². The van der Waals surface area contributed by atoms with Crippen LogP contribution < -0.4 is 9.64 Å². The molecule has 0 unspecified atom stereocenters. The van der Waals surface area contributed by atoms with Gasteiger partial charge in [0.2, 0.25) is 5.91 Å². The fourth-order valence-corrected chi connectivity index (χ4v) is 5.01. The lowest BCUT2D eigenvalue weighted by Gasteiger charge is -2.20. The SMILES string of the molecule is COc1ccc(SCCC(=O)N(Cc2ccccc2)c2nc3c(F)cc(F)cc3s2)cc1. The molecule has 4 aromatic rings. The van der Waals surface area contributed by atoms with Crippen molar-refractivity contribution in [3.8, 4) is 5.75 Å². The zero-order valence-corrected chi connectivity index (χ0v) is 18.9. The highest BCUT2D eigenvalue weighted by molar-refractivity contribution is 7.99. The Labute approximate surface area is 192 Å². The van der Waals surface area contributed by atoms with Crippen LogP contribution in [-0.2, 0) is 11.3 Å². The molecule has 0 N–H and O–H groups in total. The first-order valence-corrected chi connectivity index (χ1v) is 11.7. The molecule has 8 heteroatoms. The molecule has 0 aliphatic heterocycles. The molecule has 0 radical (unpaired) electrons. The predicted molar refractivity (Wildman–Crippen MR) is 126 cm³/mol. The van der Waals surface area contributed by atoms with Crippen molar-refractivity contribution < 1.29 is 18.3 Å². The minimum absolute atomic E-state index is 0.0740. The first kappa shape index (κ1) is 22.2. The number of carbonyl (C=O) groups is 1. The molecule has 164 valence electrons. The number of nitrogens with zero attached hydrogens (tertiary/aromatic N) is 2. The number of hydrogen-bond donors (Lipinski definition) is 0. The maximum Gasteiger partial charge on any atom is 0.229 e. The summed E-state index contributed by atoms with van der Waals surface area (Å²) in [6.45, 7) is 0.302. The van der Waals surface area contributed by atoms with E-state index in [2.05, 4.69) is 4.98 Å². The standard InChI is InChI=1S/C24H20F2N2O2S2/c1-30-18-7-9-19(10-8-18)31-12-11-22(29)28(15-16-5-3-2-4-6-16)24-27-23-20(26)13-17(25)14-21(23)32-24/h2-10,13-14H,11-12,15H2,1H3. The number of hydrogen-bond acceptors (Lipinski definition) is 5. The van der Waals surface area contributed by atoms with Gasteiger partial charge in [-0.25, -0.2) is 13.8 Å². The van der Waals surface area contributed by atoms with Crippen LogP contribution in [0.4, 0.5) is 13.9 Å². The number of thiazole rings is 1. The predicted octanol–water partition coefficient (Wildman–Crippen LogP) is 6.30. The molecule has 0 spiro atoms. The van der Waals surface area contributed by atoms with Gasteiger partial charge in [0.05, 0.1) is 18.4 Å². The number of halogens is 2.